The maximum atomic E-state index is 13.2. The number of nitrogens with zero attached hydrogens (tertiary/aromatic N) is 1. The molecule has 28 heavy (non-hydrogen) atoms. The van der Waals surface area contributed by atoms with Crippen LogP contribution in [0.25, 0.3) is 0 Å². The van der Waals surface area contributed by atoms with E-state index < -0.39 is 22.6 Å². The number of carbonyl (C=O) groups excluding carboxylic acids is 3. The minimum Gasteiger partial charge on any atom is -0.462 e. The fourth-order valence-corrected chi connectivity index (χ4v) is 6.54. The second-order valence-corrected chi connectivity index (χ2v) is 9.32. The molecule has 2 amide bonds. The van der Waals surface area contributed by atoms with Crippen molar-refractivity contribution in [1.82, 2.24) is 4.98 Å². The number of aromatic amines is 1. The Morgan fingerprint density at radius 2 is 1.86 bits per heavy atom. The van der Waals surface area contributed by atoms with Crippen LogP contribution in [0.5, 0.6) is 0 Å². The number of amides is 2. The third kappa shape index (κ3) is 2.72. The van der Waals surface area contributed by atoms with Gasteiger partial charge in [-0.25, -0.2) is 9.69 Å². The molecule has 3 heterocycles. The number of fused-ring (bicyclic) bond motifs is 2. The second-order valence-electron chi connectivity index (χ2n) is 7.19. The standard InChI is InChI=1S/C19H18N2O5S2/c1-4-26-17(24)9-5-7-10(8-6-9)21-15(22)11-12(16(21)23)27-14-13(19(11,2)3)28-18(25)20-14/h5-8,11-12H,4H2,1-3H3,(H,20,25)/t11-,12+/m1/s1. The number of carbonyl (C=O) groups is 3. The molecule has 0 saturated carbocycles. The van der Waals surface area contributed by atoms with Crippen molar-refractivity contribution in [3.05, 3.63) is 44.4 Å². The number of hydrogen-bond donors (Lipinski definition) is 1. The van der Waals surface area contributed by atoms with Crippen LogP contribution in [-0.2, 0) is 19.7 Å². The lowest BCUT2D eigenvalue weighted by atomic mass is 9.76. The van der Waals surface area contributed by atoms with Crippen molar-refractivity contribution in [2.75, 3.05) is 11.5 Å². The van der Waals surface area contributed by atoms with Crippen molar-refractivity contribution >= 4 is 46.6 Å². The van der Waals surface area contributed by atoms with Crippen molar-refractivity contribution in [3.63, 3.8) is 0 Å². The summed E-state index contributed by atoms with van der Waals surface area (Å²) in [5.41, 5.74) is 0.142. The lowest BCUT2D eigenvalue weighted by Gasteiger charge is -2.36. The molecular weight excluding hydrogens is 400 g/mol. The van der Waals surface area contributed by atoms with Gasteiger partial charge >= 0.3 is 10.8 Å². The highest BCUT2D eigenvalue weighted by Gasteiger charge is 2.59. The molecule has 1 N–H and O–H groups in total. The van der Waals surface area contributed by atoms with Crippen LogP contribution in [0.1, 0.15) is 36.0 Å². The Morgan fingerprint density at radius 3 is 2.50 bits per heavy atom. The van der Waals surface area contributed by atoms with Crippen LogP contribution < -0.4 is 9.77 Å². The van der Waals surface area contributed by atoms with Gasteiger partial charge in [-0.3, -0.25) is 14.4 Å². The first-order valence-electron chi connectivity index (χ1n) is 8.81. The topological polar surface area (TPSA) is 96.5 Å². The summed E-state index contributed by atoms with van der Waals surface area (Å²) in [5, 5.41) is 0.0758. The minimum atomic E-state index is -0.637. The lowest BCUT2D eigenvalue weighted by molar-refractivity contribution is -0.123. The first-order valence-corrected chi connectivity index (χ1v) is 10.5. The van der Waals surface area contributed by atoms with E-state index >= 15 is 0 Å². The van der Waals surface area contributed by atoms with E-state index in [1.807, 2.05) is 13.8 Å². The Labute approximate surface area is 169 Å². The highest BCUT2D eigenvalue weighted by molar-refractivity contribution is 8.00. The van der Waals surface area contributed by atoms with Crippen molar-refractivity contribution in [1.29, 1.82) is 0 Å². The summed E-state index contributed by atoms with van der Waals surface area (Å²) < 4.78 is 4.96. The highest BCUT2D eigenvalue weighted by atomic mass is 32.2. The molecule has 2 aliphatic heterocycles. The van der Waals surface area contributed by atoms with Crippen LogP contribution in [0.2, 0.25) is 0 Å². The molecule has 1 aromatic heterocycles. The van der Waals surface area contributed by atoms with Crippen molar-refractivity contribution in [3.8, 4) is 0 Å². The molecule has 1 aromatic carbocycles. The van der Waals surface area contributed by atoms with Crippen LogP contribution in [-0.4, -0.2) is 34.6 Å². The van der Waals surface area contributed by atoms with E-state index in [0.717, 1.165) is 16.2 Å². The third-order valence-corrected chi connectivity index (χ3v) is 7.73. The molecule has 0 bridgehead atoms. The maximum absolute atomic E-state index is 13.2. The van der Waals surface area contributed by atoms with Gasteiger partial charge in [0, 0.05) is 10.3 Å². The zero-order chi connectivity index (χ0) is 20.2. The van der Waals surface area contributed by atoms with E-state index in [0.29, 0.717) is 16.3 Å². The smallest absolute Gasteiger partial charge is 0.338 e. The second kappa shape index (κ2) is 6.59. The zero-order valence-corrected chi connectivity index (χ0v) is 17.1. The van der Waals surface area contributed by atoms with Gasteiger partial charge in [0.25, 0.3) is 0 Å². The number of rotatable bonds is 3. The van der Waals surface area contributed by atoms with Crippen molar-refractivity contribution < 1.29 is 19.1 Å². The Kier molecular flexibility index (Phi) is 4.46. The molecule has 2 aromatic rings. The van der Waals surface area contributed by atoms with Crippen LogP contribution >= 0.6 is 23.1 Å². The molecule has 0 radical (unpaired) electrons. The largest absolute Gasteiger partial charge is 0.462 e. The van der Waals surface area contributed by atoms with Gasteiger partial charge in [-0.05, 0) is 31.2 Å². The number of nitrogens with one attached hydrogen (secondary N) is 1. The van der Waals surface area contributed by atoms with E-state index in [1.54, 1.807) is 31.2 Å². The minimum absolute atomic E-state index is 0.183. The SMILES string of the molecule is CCOC(=O)c1ccc(N2C(=O)[C@H]3Sc4[nH]c(=O)sc4C(C)(C)[C@H]3C2=O)cc1. The van der Waals surface area contributed by atoms with E-state index in [-0.39, 0.29) is 23.3 Å². The van der Waals surface area contributed by atoms with Crippen molar-refractivity contribution in [2.24, 2.45) is 5.92 Å². The van der Waals surface area contributed by atoms with Crippen LogP contribution in [0.3, 0.4) is 0 Å². The molecule has 146 valence electrons. The Hall–Kier alpha value is -2.39. The maximum Gasteiger partial charge on any atom is 0.338 e. The Bertz CT molecular complexity index is 1040. The van der Waals surface area contributed by atoms with Crippen LogP contribution in [0, 0.1) is 5.92 Å². The van der Waals surface area contributed by atoms with Gasteiger partial charge in [0.05, 0.1) is 28.8 Å². The van der Waals surface area contributed by atoms with E-state index in [4.69, 9.17) is 4.74 Å². The average Bonchev–Trinajstić information content (AvgIpc) is 3.14. The number of thioether (sulfide) groups is 1. The van der Waals surface area contributed by atoms with Crippen molar-refractivity contribution in [2.45, 2.75) is 36.5 Å². The summed E-state index contributed by atoms with van der Waals surface area (Å²) >= 11 is 2.34. The molecule has 0 aliphatic carbocycles. The number of aromatic nitrogens is 1. The summed E-state index contributed by atoms with van der Waals surface area (Å²) in [4.78, 5) is 54.5. The number of anilines is 1. The van der Waals surface area contributed by atoms with Crippen LogP contribution in [0.15, 0.2) is 34.1 Å². The summed E-state index contributed by atoms with van der Waals surface area (Å²) in [7, 11) is 0. The molecule has 7 nitrogen and oxygen atoms in total. The van der Waals surface area contributed by atoms with Gasteiger partial charge in [-0.2, -0.15) is 0 Å². The summed E-state index contributed by atoms with van der Waals surface area (Å²) in [6.45, 7) is 5.78. The van der Waals surface area contributed by atoms with Gasteiger partial charge in [-0.1, -0.05) is 36.9 Å². The van der Waals surface area contributed by atoms with Gasteiger partial charge in [0.1, 0.15) is 5.25 Å². The molecule has 2 aliphatic rings. The Balaban J connectivity index is 1.69. The molecule has 0 spiro atoms. The number of thiazole rings is 1. The monoisotopic (exact) mass is 418 g/mol. The first-order chi connectivity index (χ1) is 13.3. The van der Waals surface area contributed by atoms with E-state index in [1.165, 1.54) is 16.7 Å². The molecule has 2 atom stereocenters. The fraction of sp³-hybridized carbons (Fsp3) is 0.368. The number of esters is 1. The quantitative estimate of drug-likeness (QED) is 0.608. The van der Waals surface area contributed by atoms with Gasteiger partial charge in [-0.15, -0.1) is 0 Å². The summed E-state index contributed by atoms with van der Waals surface area (Å²) in [6.07, 6.45) is 0. The van der Waals surface area contributed by atoms with E-state index in [2.05, 4.69) is 4.98 Å². The van der Waals surface area contributed by atoms with Gasteiger partial charge < -0.3 is 9.72 Å². The van der Waals surface area contributed by atoms with Crippen LogP contribution in [0.4, 0.5) is 5.69 Å². The molecule has 1 saturated heterocycles. The molecule has 9 heteroatoms. The zero-order valence-electron chi connectivity index (χ0n) is 15.5. The first kappa shape index (κ1) is 18.9. The molecule has 0 unspecified atom stereocenters. The predicted octanol–water partition coefficient (Wildman–Crippen LogP) is 2.55. The number of hydrogen-bond acceptors (Lipinski definition) is 7. The number of benzene rings is 1. The number of H-pyrrole nitrogens is 1. The molecule has 4 rings (SSSR count). The normalized spacial score (nSPS) is 22.8. The molecular formula is C19H18N2O5S2. The fourth-order valence-electron chi connectivity index (χ4n) is 3.76. The molecule has 1 fully saturated rings. The lowest BCUT2D eigenvalue weighted by Crippen LogP contribution is -2.41. The number of ether oxygens (including phenoxy) is 1. The predicted molar refractivity (Wildman–Crippen MR) is 106 cm³/mol. The number of imide groups is 1. The summed E-state index contributed by atoms with van der Waals surface area (Å²) in [6, 6.07) is 6.24. The third-order valence-electron chi connectivity index (χ3n) is 5.11. The van der Waals surface area contributed by atoms with Gasteiger partial charge in [0.2, 0.25) is 11.8 Å². The van der Waals surface area contributed by atoms with Gasteiger partial charge in [0.15, 0.2) is 0 Å². The van der Waals surface area contributed by atoms with E-state index in [9.17, 15) is 19.2 Å². The Morgan fingerprint density at radius 1 is 1.18 bits per heavy atom. The average molecular weight is 418 g/mol. The highest BCUT2D eigenvalue weighted by Crippen LogP contribution is 2.53. The summed E-state index contributed by atoms with van der Waals surface area (Å²) in [5.74, 6) is -1.61.